The van der Waals surface area contributed by atoms with Crippen LogP contribution in [0.15, 0.2) is 60.7 Å². The summed E-state index contributed by atoms with van der Waals surface area (Å²) in [7, 11) is 1.70. The first-order chi connectivity index (χ1) is 14.4. The molecule has 0 bridgehead atoms. The zero-order chi connectivity index (χ0) is 21.7. The first-order valence-electron chi connectivity index (χ1n) is 9.31. The van der Waals surface area contributed by atoms with E-state index in [-0.39, 0.29) is 11.9 Å². The first-order valence-corrected chi connectivity index (χ1v) is 10.9. The van der Waals surface area contributed by atoms with Crippen LogP contribution in [0.5, 0.6) is 0 Å². The lowest BCUT2D eigenvalue weighted by atomic mass is 10.2. The first kappa shape index (κ1) is 22.2. The topological polar surface area (TPSA) is 52.7 Å². The minimum Gasteiger partial charge on any atom is -0.320 e. The highest BCUT2D eigenvalue weighted by Gasteiger charge is 2.15. The van der Waals surface area contributed by atoms with E-state index in [0.29, 0.717) is 39.4 Å². The molecule has 1 heterocycles. The maximum absolute atomic E-state index is 12.6. The van der Waals surface area contributed by atoms with E-state index in [1.54, 1.807) is 65.4 Å². The van der Waals surface area contributed by atoms with Gasteiger partial charge in [-0.2, -0.15) is 0 Å². The van der Waals surface area contributed by atoms with E-state index in [9.17, 15) is 9.59 Å². The van der Waals surface area contributed by atoms with Gasteiger partial charge in [-0.3, -0.25) is 4.79 Å². The average molecular weight is 462 g/mol. The van der Waals surface area contributed by atoms with E-state index in [1.165, 1.54) is 11.3 Å². The van der Waals surface area contributed by atoms with Crippen LogP contribution in [0.3, 0.4) is 0 Å². The zero-order valence-electron chi connectivity index (χ0n) is 16.6. The highest BCUT2D eigenvalue weighted by molar-refractivity contribution is 7.16. The van der Waals surface area contributed by atoms with Crippen molar-refractivity contribution in [3.63, 3.8) is 0 Å². The van der Waals surface area contributed by atoms with Gasteiger partial charge in [0, 0.05) is 40.4 Å². The molecule has 0 saturated carbocycles. The van der Waals surface area contributed by atoms with Gasteiger partial charge in [0.15, 0.2) is 0 Å². The number of carbonyl (C=O) groups is 2. The third kappa shape index (κ3) is 5.53. The van der Waals surface area contributed by atoms with Crippen molar-refractivity contribution in [1.82, 2.24) is 4.90 Å². The molecule has 30 heavy (non-hydrogen) atoms. The van der Waals surface area contributed by atoms with Gasteiger partial charge in [0.25, 0.3) is 5.91 Å². The number of nitrogens with zero attached hydrogens (tertiary/aromatic N) is 2. The van der Waals surface area contributed by atoms with Gasteiger partial charge < -0.3 is 15.1 Å². The molecular weight excluding hydrogens is 441 g/mol. The summed E-state index contributed by atoms with van der Waals surface area (Å²) in [4.78, 5) is 29.5. The molecule has 0 aliphatic heterocycles. The van der Waals surface area contributed by atoms with Gasteiger partial charge in [0.05, 0.1) is 10.9 Å². The Morgan fingerprint density at radius 2 is 1.63 bits per heavy atom. The average Bonchev–Trinajstić information content (AvgIpc) is 3.16. The number of halogens is 2. The fourth-order valence-electron chi connectivity index (χ4n) is 2.83. The summed E-state index contributed by atoms with van der Waals surface area (Å²) in [6.45, 7) is 2.99. The van der Waals surface area contributed by atoms with Crippen LogP contribution in [-0.2, 0) is 6.54 Å². The van der Waals surface area contributed by atoms with Crippen LogP contribution < -0.4 is 10.2 Å². The molecule has 0 aliphatic rings. The number of amides is 3. The number of anilines is 2. The fraction of sp³-hybridized carbons (Fsp3) is 0.182. The maximum atomic E-state index is 12.6. The van der Waals surface area contributed by atoms with Crippen molar-refractivity contribution < 1.29 is 9.59 Å². The van der Waals surface area contributed by atoms with Gasteiger partial charge in [-0.25, -0.2) is 4.79 Å². The standard InChI is InChI=1S/C22H21Cl2N3O2S/c1-3-27(14-19-12-13-20(24)30-19)22(29)25-17-8-10-18(11-9-17)26(2)21(28)15-4-6-16(23)7-5-15/h4-13H,3,14H2,1-2H3,(H,25,29). The monoisotopic (exact) mass is 461 g/mol. The molecule has 0 fully saturated rings. The summed E-state index contributed by atoms with van der Waals surface area (Å²) < 4.78 is 0.703. The zero-order valence-corrected chi connectivity index (χ0v) is 18.9. The largest absolute Gasteiger partial charge is 0.322 e. The minimum absolute atomic E-state index is 0.143. The van der Waals surface area contributed by atoms with Gasteiger partial charge in [-0.1, -0.05) is 23.2 Å². The summed E-state index contributed by atoms with van der Waals surface area (Å²) in [5.41, 5.74) is 1.92. The second-order valence-corrected chi connectivity index (χ2v) is 8.80. The second-order valence-electron chi connectivity index (χ2n) is 6.57. The van der Waals surface area contributed by atoms with Gasteiger partial charge in [-0.05, 0) is 67.6 Å². The van der Waals surface area contributed by atoms with Crippen molar-refractivity contribution in [3.8, 4) is 0 Å². The van der Waals surface area contributed by atoms with Crippen molar-refractivity contribution in [2.45, 2.75) is 13.5 Å². The van der Waals surface area contributed by atoms with Gasteiger partial charge in [-0.15, -0.1) is 11.3 Å². The Morgan fingerprint density at radius 1 is 0.967 bits per heavy atom. The summed E-state index contributed by atoms with van der Waals surface area (Å²) in [6, 6.07) is 17.4. The summed E-state index contributed by atoms with van der Waals surface area (Å²) in [6.07, 6.45) is 0. The Morgan fingerprint density at radius 3 is 2.20 bits per heavy atom. The summed E-state index contributed by atoms with van der Waals surface area (Å²) >= 11 is 13.3. The molecule has 0 unspecified atom stereocenters. The Kier molecular flexibility index (Phi) is 7.37. The molecule has 156 valence electrons. The van der Waals surface area contributed by atoms with Gasteiger partial charge in [0.2, 0.25) is 0 Å². The van der Waals surface area contributed by atoms with Crippen LogP contribution in [0.4, 0.5) is 16.2 Å². The van der Waals surface area contributed by atoms with E-state index >= 15 is 0 Å². The van der Waals surface area contributed by atoms with E-state index in [4.69, 9.17) is 23.2 Å². The smallest absolute Gasteiger partial charge is 0.320 e. The summed E-state index contributed by atoms with van der Waals surface area (Å²) in [5.74, 6) is -0.143. The molecule has 0 atom stereocenters. The Balaban J connectivity index is 1.63. The molecule has 0 saturated heterocycles. The lowest BCUT2D eigenvalue weighted by Crippen LogP contribution is -2.34. The van der Waals surface area contributed by atoms with Crippen molar-refractivity contribution in [2.75, 3.05) is 23.8 Å². The highest BCUT2D eigenvalue weighted by Crippen LogP contribution is 2.23. The third-order valence-corrected chi connectivity index (χ3v) is 6.01. The van der Waals surface area contributed by atoms with E-state index in [1.807, 2.05) is 19.1 Å². The van der Waals surface area contributed by atoms with Crippen molar-refractivity contribution in [2.24, 2.45) is 0 Å². The molecule has 3 aromatic rings. The number of benzene rings is 2. The SMILES string of the molecule is CCN(Cc1ccc(Cl)s1)C(=O)Nc1ccc(N(C)C(=O)c2ccc(Cl)cc2)cc1. The van der Waals surface area contributed by atoms with E-state index in [0.717, 1.165) is 4.88 Å². The molecule has 5 nitrogen and oxygen atoms in total. The normalized spacial score (nSPS) is 10.5. The number of urea groups is 1. The Labute approximate surface area is 189 Å². The van der Waals surface area contributed by atoms with Crippen molar-refractivity contribution >= 4 is 57.9 Å². The molecule has 1 N–H and O–H groups in total. The fourth-order valence-corrected chi connectivity index (χ4v) is 4.06. The van der Waals surface area contributed by atoms with E-state index in [2.05, 4.69) is 5.32 Å². The number of hydrogen-bond donors (Lipinski definition) is 1. The van der Waals surface area contributed by atoms with Gasteiger partial charge >= 0.3 is 6.03 Å². The maximum Gasteiger partial charge on any atom is 0.322 e. The van der Waals surface area contributed by atoms with Crippen LogP contribution >= 0.6 is 34.5 Å². The molecular formula is C22H21Cl2N3O2S. The number of hydrogen-bond acceptors (Lipinski definition) is 3. The second kappa shape index (κ2) is 9.98. The Hall–Kier alpha value is -2.54. The van der Waals surface area contributed by atoms with Crippen LogP contribution in [0.2, 0.25) is 9.36 Å². The minimum atomic E-state index is -0.194. The number of nitrogens with one attached hydrogen (secondary N) is 1. The van der Waals surface area contributed by atoms with Crippen molar-refractivity contribution in [1.29, 1.82) is 0 Å². The molecule has 0 spiro atoms. The predicted octanol–water partition coefficient (Wildman–Crippen LogP) is 6.39. The number of thiophene rings is 1. The van der Waals surface area contributed by atoms with Crippen molar-refractivity contribution in [3.05, 3.63) is 80.5 Å². The predicted molar refractivity (Wildman–Crippen MR) is 125 cm³/mol. The Bertz CT molecular complexity index is 1020. The van der Waals surface area contributed by atoms with Crippen LogP contribution in [0, 0.1) is 0 Å². The molecule has 1 aromatic heterocycles. The quantitative estimate of drug-likeness (QED) is 0.462. The molecule has 8 heteroatoms. The molecule has 3 amide bonds. The van der Waals surface area contributed by atoms with Crippen LogP contribution in [0.1, 0.15) is 22.2 Å². The van der Waals surface area contributed by atoms with Crippen LogP contribution in [0.25, 0.3) is 0 Å². The number of rotatable bonds is 6. The third-order valence-electron chi connectivity index (χ3n) is 4.55. The molecule has 3 rings (SSSR count). The molecule has 0 aliphatic carbocycles. The lowest BCUT2D eigenvalue weighted by Gasteiger charge is -2.21. The lowest BCUT2D eigenvalue weighted by molar-refractivity contribution is 0.0993. The number of carbonyl (C=O) groups excluding carboxylic acids is 2. The van der Waals surface area contributed by atoms with Gasteiger partial charge in [0.1, 0.15) is 0 Å². The van der Waals surface area contributed by atoms with E-state index < -0.39 is 0 Å². The molecule has 2 aromatic carbocycles. The van der Waals surface area contributed by atoms with Crippen LogP contribution in [-0.4, -0.2) is 30.4 Å². The summed E-state index contributed by atoms with van der Waals surface area (Å²) in [5, 5.41) is 3.47. The highest BCUT2D eigenvalue weighted by atomic mass is 35.5. The molecule has 0 radical (unpaired) electrons.